The van der Waals surface area contributed by atoms with Gasteiger partial charge in [0.2, 0.25) is 9.84 Å². The molecule has 0 spiro atoms. The molecule has 3 aromatic rings. The van der Waals surface area contributed by atoms with Gasteiger partial charge < -0.3 is 14.7 Å². The maximum absolute atomic E-state index is 13.4. The lowest BCUT2D eigenvalue weighted by atomic mass is 10.1. The molecule has 9 nitrogen and oxygen atoms in total. The molecule has 1 aliphatic heterocycles. The highest BCUT2D eigenvalue weighted by Crippen LogP contribution is 2.28. The van der Waals surface area contributed by atoms with E-state index in [2.05, 4.69) is 5.32 Å². The Morgan fingerprint density at radius 3 is 2.37 bits per heavy atom. The average molecular weight is 643 g/mol. The van der Waals surface area contributed by atoms with Gasteiger partial charge in [-0.3, -0.25) is 14.9 Å². The Morgan fingerprint density at radius 2 is 1.74 bits per heavy atom. The first-order valence-corrected chi connectivity index (χ1v) is 16.0. The van der Waals surface area contributed by atoms with Crippen LogP contribution in [0.3, 0.4) is 0 Å². The maximum Gasteiger partial charge on any atom is 0.410 e. The molecule has 226 valence electrons. The SMILES string of the molecule is CC(C)(C)OC(=O)N(CCc1ccc(S(=O)(=O)c2cccc(C=C3SC(=O)NC3=O)c2)cc1)C[C@H](O)c1cccc(Cl)c1. The second-order valence-electron chi connectivity index (χ2n) is 10.8. The van der Waals surface area contributed by atoms with Crippen LogP contribution in [-0.4, -0.2) is 54.4 Å². The van der Waals surface area contributed by atoms with Crippen LogP contribution in [0.25, 0.3) is 6.08 Å². The van der Waals surface area contributed by atoms with Gasteiger partial charge in [0, 0.05) is 11.6 Å². The second kappa shape index (κ2) is 13.3. The summed E-state index contributed by atoms with van der Waals surface area (Å²) >= 11 is 6.82. The van der Waals surface area contributed by atoms with Crippen LogP contribution in [0, 0.1) is 0 Å². The molecule has 0 unspecified atom stereocenters. The molecular formula is C31H31ClN2O7S2. The van der Waals surface area contributed by atoms with Crippen LogP contribution in [0.15, 0.2) is 87.5 Å². The number of hydrogen-bond donors (Lipinski definition) is 2. The predicted molar refractivity (Wildman–Crippen MR) is 165 cm³/mol. The number of aliphatic hydroxyl groups is 1. The summed E-state index contributed by atoms with van der Waals surface area (Å²) in [7, 11) is -3.88. The van der Waals surface area contributed by atoms with Crippen LogP contribution in [-0.2, 0) is 25.8 Å². The molecule has 12 heteroatoms. The second-order valence-corrected chi connectivity index (χ2v) is 14.2. The third-order valence-electron chi connectivity index (χ3n) is 6.29. The van der Waals surface area contributed by atoms with Gasteiger partial charge in [-0.1, -0.05) is 48.0 Å². The molecule has 0 aliphatic carbocycles. The third kappa shape index (κ3) is 8.70. The number of benzene rings is 3. The predicted octanol–water partition coefficient (Wildman–Crippen LogP) is 6.01. The highest BCUT2D eigenvalue weighted by molar-refractivity contribution is 8.18. The van der Waals surface area contributed by atoms with Gasteiger partial charge >= 0.3 is 6.09 Å². The Kier molecular flexibility index (Phi) is 10.0. The van der Waals surface area contributed by atoms with E-state index in [4.69, 9.17) is 16.3 Å². The van der Waals surface area contributed by atoms with Crippen LogP contribution in [0.4, 0.5) is 9.59 Å². The molecule has 3 aromatic carbocycles. The zero-order valence-corrected chi connectivity index (χ0v) is 26.1. The molecule has 0 saturated carbocycles. The third-order valence-corrected chi connectivity index (χ3v) is 9.10. The first kappa shape index (κ1) is 32.3. The summed E-state index contributed by atoms with van der Waals surface area (Å²) in [5.74, 6) is -0.525. The number of carbonyl (C=O) groups excluding carboxylic acids is 3. The number of aliphatic hydroxyl groups excluding tert-OH is 1. The van der Waals surface area contributed by atoms with Gasteiger partial charge in [-0.2, -0.15) is 0 Å². The fraction of sp³-hybridized carbons (Fsp3) is 0.258. The van der Waals surface area contributed by atoms with E-state index < -0.39 is 38.8 Å². The summed E-state index contributed by atoms with van der Waals surface area (Å²) in [6.07, 6.45) is 0.267. The number of nitrogens with one attached hydrogen (secondary N) is 1. The van der Waals surface area contributed by atoms with Gasteiger partial charge in [0.25, 0.3) is 11.1 Å². The van der Waals surface area contributed by atoms with E-state index in [-0.39, 0.29) is 27.8 Å². The van der Waals surface area contributed by atoms with Crippen molar-refractivity contribution in [1.82, 2.24) is 10.2 Å². The van der Waals surface area contributed by atoms with Crippen molar-refractivity contribution in [2.45, 2.75) is 48.7 Å². The lowest BCUT2D eigenvalue weighted by Crippen LogP contribution is -2.40. The fourth-order valence-electron chi connectivity index (χ4n) is 4.19. The highest BCUT2D eigenvalue weighted by atomic mass is 35.5. The first-order chi connectivity index (χ1) is 20.2. The monoisotopic (exact) mass is 642 g/mol. The number of hydrogen-bond acceptors (Lipinski definition) is 8. The highest BCUT2D eigenvalue weighted by Gasteiger charge is 2.26. The summed E-state index contributed by atoms with van der Waals surface area (Å²) in [5.41, 5.74) is 1.07. The summed E-state index contributed by atoms with van der Waals surface area (Å²) in [6, 6.07) is 19.2. The molecule has 43 heavy (non-hydrogen) atoms. The van der Waals surface area contributed by atoms with E-state index in [0.29, 0.717) is 22.6 Å². The van der Waals surface area contributed by atoms with Crippen molar-refractivity contribution in [3.8, 4) is 0 Å². The Morgan fingerprint density at radius 1 is 1.05 bits per heavy atom. The van der Waals surface area contributed by atoms with E-state index in [1.54, 1.807) is 69.3 Å². The number of ether oxygens (including phenoxy) is 1. The minimum absolute atomic E-state index is 0.0253. The van der Waals surface area contributed by atoms with Gasteiger partial charge in [-0.05, 0) is 98.1 Å². The first-order valence-electron chi connectivity index (χ1n) is 13.3. The van der Waals surface area contributed by atoms with E-state index in [1.165, 1.54) is 35.2 Å². The van der Waals surface area contributed by atoms with Crippen LogP contribution in [0.5, 0.6) is 0 Å². The van der Waals surface area contributed by atoms with Crippen molar-refractivity contribution in [3.05, 3.63) is 99.4 Å². The van der Waals surface area contributed by atoms with Gasteiger partial charge in [0.1, 0.15) is 5.60 Å². The maximum atomic E-state index is 13.4. The molecule has 1 aliphatic rings. The lowest BCUT2D eigenvalue weighted by molar-refractivity contribution is -0.115. The average Bonchev–Trinajstić information content (AvgIpc) is 3.26. The smallest absolute Gasteiger partial charge is 0.410 e. The number of carbonyl (C=O) groups is 3. The number of nitrogens with zero attached hydrogens (tertiary/aromatic N) is 1. The van der Waals surface area contributed by atoms with Gasteiger partial charge in [0.15, 0.2) is 0 Å². The number of amides is 3. The summed E-state index contributed by atoms with van der Waals surface area (Å²) in [6.45, 7) is 5.46. The molecule has 0 radical (unpaired) electrons. The number of imide groups is 1. The van der Waals surface area contributed by atoms with Gasteiger partial charge in [-0.15, -0.1) is 0 Å². The Labute approximate surface area is 259 Å². The van der Waals surface area contributed by atoms with Crippen molar-refractivity contribution < 1.29 is 32.6 Å². The number of halogens is 1. The van der Waals surface area contributed by atoms with Crippen molar-refractivity contribution in [1.29, 1.82) is 0 Å². The molecule has 3 amide bonds. The van der Waals surface area contributed by atoms with Gasteiger partial charge in [-0.25, -0.2) is 13.2 Å². The minimum atomic E-state index is -3.88. The van der Waals surface area contributed by atoms with Crippen LogP contribution in [0.2, 0.25) is 5.02 Å². The summed E-state index contributed by atoms with van der Waals surface area (Å²) in [4.78, 5) is 38.0. The quantitative estimate of drug-likeness (QED) is 0.272. The molecule has 1 fully saturated rings. The van der Waals surface area contributed by atoms with Crippen molar-refractivity contribution in [3.63, 3.8) is 0 Å². The van der Waals surface area contributed by atoms with Crippen LogP contribution < -0.4 is 5.32 Å². The van der Waals surface area contributed by atoms with E-state index in [9.17, 15) is 27.9 Å². The Hall–Kier alpha value is -3.64. The topological polar surface area (TPSA) is 130 Å². The molecule has 2 N–H and O–H groups in total. The number of rotatable bonds is 9. The minimum Gasteiger partial charge on any atom is -0.444 e. The molecule has 1 atom stereocenters. The van der Waals surface area contributed by atoms with E-state index in [0.717, 1.165) is 17.3 Å². The van der Waals surface area contributed by atoms with E-state index in [1.807, 2.05) is 0 Å². The summed E-state index contributed by atoms with van der Waals surface area (Å²) < 4.78 is 32.3. The Bertz CT molecular complexity index is 1670. The van der Waals surface area contributed by atoms with E-state index >= 15 is 0 Å². The summed E-state index contributed by atoms with van der Waals surface area (Å²) in [5, 5.41) is 13.0. The number of sulfone groups is 1. The van der Waals surface area contributed by atoms with Crippen molar-refractivity contribution in [2.75, 3.05) is 13.1 Å². The molecule has 0 bridgehead atoms. The zero-order chi connectivity index (χ0) is 31.4. The van der Waals surface area contributed by atoms with Gasteiger partial charge in [0.05, 0.1) is 27.3 Å². The van der Waals surface area contributed by atoms with Crippen molar-refractivity contribution >= 4 is 56.5 Å². The molecule has 0 aromatic heterocycles. The molecule has 1 heterocycles. The van der Waals surface area contributed by atoms with Crippen LogP contribution in [0.1, 0.15) is 43.6 Å². The zero-order valence-electron chi connectivity index (χ0n) is 23.7. The lowest BCUT2D eigenvalue weighted by Gasteiger charge is -2.29. The molecule has 4 rings (SSSR count). The molecular weight excluding hydrogens is 612 g/mol. The van der Waals surface area contributed by atoms with Crippen molar-refractivity contribution in [2.24, 2.45) is 0 Å². The standard InChI is InChI=1S/C31H31ClN2O7S2/c1-31(2,3)41-30(38)34(19-26(35)22-7-5-8-23(32)18-22)15-14-20-10-12-24(13-11-20)43(39,40)25-9-4-6-21(16-25)17-27-28(36)33-29(37)42-27/h4-13,16-18,26,35H,14-15,19H2,1-3H3,(H,33,36,37)/t26-/m0/s1. The van der Waals surface area contributed by atoms with Crippen LogP contribution >= 0.6 is 23.4 Å². The molecule has 1 saturated heterocycles. The normalized spacial score (nSPS) is 15.3. The Balaban J connectivity index is 1.48. The number of thioether (sulfide) groups is 1. The largest absolute Gasteiger partial charge is 0.444 e. The fourth-order valence-corrected chi connectivity index (χ4v) is 6.39.